The topological polar surface area (TPSA) is 32.3 Å². The summed E-state index contributed by atoms with van der Waals surface area (Å²) in [5, 5.41) is 1.53. The van der Waals surface area contributed by atoms with E-state index in [4.69, 9.17) is 16.6 Å². The molecule has 4 nitrogen and oxygen atoms in total. The van der Waals surface area contributed by atoms with Gasteiger partial charge in [0, 0.05) is 36.6 Å². The number of aromatic nitrogens is 2. The van der Waals surface area contributed by atoms with Crippen molar-refractivity contribution in [3.8, 4) is 11.1 Å². The van der Waals surface area contributed by atoms with Gasteiger partial charge in [-0.15, -0.1) is 11.3 Å². The number of piperazine rings is 1. The molecule has 6 heteroatoms. The number of nitrogens with zero attached hydrogens (tertiary/aromatic N) is 4. The second-order valence-corrected chi connectivity index (χ2v) is 9.68. The third-order valence-electron chi connectivity index (χ3n) is 6.44. The lowest BCUT2D eigenvalue weighted by molar-refractivity contribution is 0.271. The van der Waals surface area contributed by atoms with E-state index in [9.17, 15) is 0 Å². The molecule has 0 unspecified atom stereocenters. The zero-order valence-corrected chi connectivity index (χ0v) is 18.7. The van der Waals surface area contributed by atoms with Crippen LogP contribution in [0.2, 0.25) is 5.28 Å². The van der Waals surface area contributed by atoms with Gasteiger partial charge in [0.1, 0.15) is 10.6 Å². The van der Waals surface area contributed by atoms with Gasteiger partial charge >= 0.3 is 0 Å². The van der Waals surface area contributed by atoms with Crippen LogP contribution in [0, 0.1) is 6.92 Å². The van der Waals surface area contributed by atoms with Crippen LogP contribution in [0.1, 0.15) is 35.8 Å². The Morgan fingerprint density at radius 2 is 1.79 bits per heavy atom. The number of hydrogen-bond donors (Lipinski definition) is 0. The molecule has 0 atom stereocenters. The largest absolute Gasteiger partial charge is 0.353 e. The van der Waals surface area contributed by atoms with Crippen molar-refractivity contribution in [3.05, 3.63) is 39.5 Å². The van der Waals surface area contributed by atoms with Crippen molar-refractivity contribution in [2.45, 2.75) is 39.5 Å². The van der Waals surface area contributed by atoms with E-state index in [1.807, 2.05) is 0 Å². The highest BCUT2D eigenvalue weighted by molar-refractivity contribution is 7.19. The Kier molecular flexibility index (Phi) is 5.23. The minimum absolute atomic E-state index is 0.351. The van der Waals surface area contributed by atoms with Crippen LogP contribution in [-0.4, -0.2) is 47.6 Å². The van der Waals surface area contributed by atoms with Crippen LogP contribution in [0.3, 0.4) is 0 Å². The van der Waals surface area contributed by atoms with Crippen LogP contribution >= 0.6 is 22.9 Å². The predicted molar refractivity (Wildman–Crippen MR) is 124 cm³/mol. The first-order valence-electron chi connectivity index (χ1n) is 10.7. The highest BCUT2D eigenvalue weighted by Gasteiger charge is 2.25. The van der Waals surface area contributed by atoms with Crippen molar-refractivity contribution in [1.29, 1.82) is 0 Å². The van der Waals surface area contributed by atoms with Crippen molar-refractivity contribution in [2.24, 2.45) is 0 Å². The molecule has 0 radical (unpaired) electrons. The molecule has 0 N–H and O–H groups in total. The van der Waals surface area contributed by atoms with Crippen LogP contribution in [0.15, 0.2) is 18.2 Å². The first kappa shape index (κ1) is 19.3. The fourth-order valence-corrected chi connectivity index (χ4v) is 6.06. The molecule has 0 saturated carbocycles. The van der Waals surface area contributed by atoms with Gasteiger partial charge in [-0.1, -0.05) is 25.1 Å². The normalized spacial score (nSPS) is 17.7. The van der Waals surface area contributed by atoms with E-state index in [0.717, 1.165) is 43.4 Å². The molecule has 1 aliphatic carbocycles. The summed E-state index contributed by atoms with van der Waals surface area (Å²) in [5.41, 5.74) is 5.63. The maximum Gasteiger partial charge on any atom is 0.225 e. The van der Waals surface area contributed by atoms with Gasteiger partial charge in [-0.05, 0) is 67.4 Å². The number of thiophene rings is 1. The fraction of sp³-hybridized carbons (Fsp3) is 0.478. The quantitative estimate of drug-likeness (QED) is 0.529. The Labute approximate surface area is 181 Å². The van der Waals surface area contributed by atoms with Gasteiger partial charge in [-0.3, -0.25) is 0 Å². The maximum absolute atomic E-state index is 6.35. The first-order chi connectivity index (χ1) is 14.1. The third-order valence-corrected chi connectivity index (χ3v) is 7.61. The Balaban J connectivity index is 1.64. The van der Waals surface area contributed by atoms with Gasteiger partial charge in [0.15, 0.2) is 0 Å². The van der Waals surface area contributed by atoms with Gasteiger partial charge in [0.2, 0.25) is 5.28 Å². The van der Waals surface area contributed by atoms with Crippen molar-refractivity contribution in [1.82, 2.24) is 14.9 Å². The summed E-state index contributed by atoms with van der Waals surface area (Å²) < 4.78 is 0. The molecule has 3 heterocycles. The molecule has 1 aliphatic heterocycles. The molecule has 29 heavy (non-hydrogen) atoms. The average Bonchev–Trinajstić information content (AvgIpc) is 3.08. The summed E-state index contributed by atoms with van der Waals surface area (Å²) in [5.74, 6) is 1.01. The van der Waals surface area contributed by atoms with Gasteiger partial charge in [-0.2, -0.15) is 4.98 Å². The molecule has 152 valence electrons. The molecule has 3 aromatic rings. The number of benzene rings is 1. The Morgan fingerprint density at radius 1 is 1.03 bits per heavy atom. The van der Waals surface area contributed by atoms with Crippen molar-refractivity contribution in [3.63, 3.8) is 0 Å². The number of likely N-dealkylation sites (N-methyl/N-ethyl adjacent to an activating group) is 1. The van der Waals surface area contributed by atoms with Crippen molar-refractivity contribution >= 4 is 39.0 Å². The van der Waals surface area contributed by atoms with Gasteiger partial charge < -0.3 is 9.80 Å². The molecule has 2 aromatic heterocycles. The zero-order valence-electron chi connectivity index (χ0n) is 17.2. The Bertz CT molecular complexity index is 1050. The van der Waals surface area contributed by atoms with Crippen LogP contribution in [0.25, 0.3) is 21.3 Å². The zero-order chi connectivity index (χ0) is 20.0. The molecule has 0 spiro atoms. The summed E-state index contributed by atoms with van der Waals surface area (Å²) in [6.45, 7) is 9.63. The average molecular weight is 427 g/mol. The maximum atomic E-state index is 6.35. The van der Waals surface area contributed by atoms with E-state index in [0.29, 0.717) is 5.28 Å². The summed E-state index contributed by atoms with van der Waals surface area (Å²) in [7, 11) is 0. The first-order valence-corrected chi connectivity index (χ1v) is 11.9. The number of hydrogen-bond acceptors (Lipinski definition) is 5. The molecule has 1 aromatic carbocycles. The number of rotatable bonds is 3. The molecular formula is C23H27ClN4S. The highest BCUT2D eigenvalue weighted by Crippen LogP contribution is 2.43. The number of aryl methyl sites for hydroxylation is 3. The minimum Gasteiger partial charge on any atom is -0.353 e. The van der Waals surface area contributed by atoms with Crippen LogP contribution in [0.5, 0.6) is 0 Å². The molecule has 5 rings (SSSR count). The molecule has 0 bridgehead atoms. The molecular weight excluding hydrogens is 400 g/mol. The van der Waals surface area contributed by atoms with E-state index in [1.165, 1.54) is 58.2 Å². The van der Waals surface area contributed by atoms with E-state index in [1.54, 1.807) is 11.3 Å². The molecule has 2 aliphatic rings. The fourth-order valence-electron chi connectivity index (χ4n) is 4.81. The number of anilines is 1. The lowest BCUT2D eigenvalue weighted by Crippen LogP contribution is -2.46. The van der Waals surface area contributed by atoms with E-state index >= 15 is 0 Å². The number of fused-ring (bicyclic) bond motifs is 2. The SMILES string of the molecule is CCN1CCN(c2nc(Cl)nc3sc(C)c(-c4ccc5c(c4)CCCC5)c23)CC1. The summed E-state index contributed by atoms with van der Waals surface area (Å²) in [6.07, 6.45) is 5.02. The second kappa shape index (κ2) is 7.86. The number of halogens is 1. The highest BCUT2D eigenvalue weighted by atomic mass is 35.5. The van der Waals surface area contributed by atoms with Gasteiger partial charge in [-0.25, -0.2) is 4.98 Å². The Morgan fingerprint density at radius 3 is 2.55 bits per heavy atom. The third kappa shape index (κ3) is 3.54. The van der Waals surface area contributed by atoms with Crippen molar-refractivity contribution < 1.29 is 0 Å². The van der Waals surface area contributed by atoms with E-state index in [2.05, 4.69) is 46.8 Å². The monoisotopic (exact) mass is 426 g/mol. The predicted octanol–water partition coefficient (Wildman–Crippen LogP) is 5.34. The summed E-state index contributed by atoms with van der Waals surface area (Å²) in [6, 6.07) is 7.05. The van der Waals surface area contributed by atoms with E-state index < -0.39 is 0 Å². The Hall–Kier alpha value is -1.69. The van der Waals surface area contributed by atoms with Crippen LogP contribution in [-0.2, 0) is 12.8 Å². The smallest absolute Gasteiger partial charge is 0.225 e. The van der Waals surface area contributed by atoms with E-state index in [-0.39, 0.29) is 0 Å². The van der Waals surface area contributed by atoms with Crippen LogP contribution in [0.4, 0.5) is 5.82 Å². The van der Waals surface area contributed by atoms with Gasteiger partial charge in [0.25, 0.3) is 0 Å². The lowest BCUT2D eigenvalue weighted by Gasteiger charge is -2.35. The van der Waals surface area contributed by atoms with Crippen LogP contribution < -0.4 is 4.90 Å². The molecule has 0 amide bonds. The van der Waals surface area contributed by atoms with Gasteiger partial charge in [0.05, 0.1) is 5.39 Å². The van der Waals surface area contributed by atoms with Crippen molar-refractivity contribution in [2.75, 3.05) is 37.6 Å². The second-order valence-electron chi connectivity index (χ2n) is 8.14. The molecule has 1 saturated heterocycles. The summed E-state index contributed by atoms with van der Waals surface area (Å²) >= 11 is 8.08. The standard InChI is InChI=1S/C23H27ClN4S/c1-3-27-10-12-28(13-11-27)21-20-19(15(2)29-22(20)26-23(24)25-21)18-9-8-16-6-4-5-7-17(16)14-18/h8-9,14H,3-7,10-13H2,1-2H3. The molecule has 1 fully saturated rings. The summed E-state index contributed by atoms with van der Waals surface area (Å²) in [4.78, 5) is 16.5. The lowest BCUT2D eigenvalue weighted by atomic mass is 9.89. The minimum atomic E-state index is 0.351.